The Bertz CT molecular complexity index is 1670. The van der Waals surface area contributed by atoms with Gasteiger partial charge in [-0.3, -0.25) is 19.0 Å². The smallest absolute Gasteiger partial charge is 0.337 e. The van der Waals surface area contributed by atoms with E-state index in [9.17, 15) is 24.3 Å². The van der Waals surface area contributed by atoms with Crippen LogP contribution in [-0.2, 0) is 20.9 Å². The number of ether oxygens (including phenoxy) is 1. The maximum atomic E-state index is 13.9. The Labute approximate surface area is 240 Å². The molecular formula is C30H29ClN4O6. The number of amides is 2. The highest BCUT2D eigenvalue weighted by Gasteiger charge is 2.35. The zero-order valence-corrected chi connectivity index (χ0v) is 23.4. The maximum absolute atomic E-state index is 13.9. The molecule has 3 aromatic carbocycles. The molecule has 41 heavy (non-hydrogen) atoms. The number of fused-ring (bicyclic) bond motifs is 1. The summed E-state index contributed by atoms with van der Waals surface area (Å²) in [4.78, 5) is 57.5. The van der Waals surface area contributed by atoms with E-state index in [-0.39, 0.29) is 35.1 Å². The van der Waals surface area contributed by atoms with Crippen molar-refractivity contribution in [2.45, 2.75) is 38.5 Å². The second kappa shape index (κ2) is 12.3. The minimum absolute atomic E-state index is 0.0508. The lowest BCUT2D eigenvalue weighted by Gasteiger charge is -2.26. The first-order chi connectivity index (χ1) is 19.6. The summed E-state index contributed by atoms with van der Waals surface area (Å²) in [5.41, 5.74) is -0.966. The van der Waals surface area contributed by atoms with E-state index in [0.29, 0.717) is 10.9 Å². The quantitative estimate of drug-likeness (QED) is 0.257. The molecule has 4 rings (SSSR count). The molecule has 0 spiro atoms. The van der Waals surface area contributed by atoms with Crippen LogP contribution in [0.3, 0.4) is 0 Å². The lowest BCUT2D eigenvalue weighted by atomic mass is 10.0. The number of hydrogen-bond acceptors (Lipinski definition) is 7. The van der Waals surface area contributed by atoms with Crippen molar-refractivity contribution in [3.05, 3.63) is 105 Å². The van der Waals surface area contributed by atoms with Crippen LogP contribution in [0.2, 0.25) is 5.02 Å². The minimum atomic E-state index is -1.82. The number of aliphatic hydroxyl groups is 1. The van der Waals surface area contributed by atoms with Crippen molar-refractivity contribution < 1.29 is 24.2 Å². The molecule has 1 heterocycles. The second-order valence-electron chi connectivity index (χ2n) is 9.57. The average molecular weight is 577 g/mol. The highest BCUT2D eigenvalue weighted by molar-refractivity contribution is 6.34. The summed E-state index contributed by atoms with van der Waals surface area (Å²) in [6, 6.07) is 18.4. The van der Waals surface area contributed by atoms with Gasteiger partial charge in [-0.25, -0.2) is 9.78 Å². The third-order valence-corrected chi connectivity index (χ3v) is 7.02. The van der Waals surface area contributed by atoms with Crippen LogP contribution in [0.25, 0.3) is 10.9 Å². The molecule has 1 aromatic heterocycles. The lowest BCUT2D eigenvalue weighted by Crippen LogP contribution is -2.49. The SMILES string of the molecule is CCC(C)(O)C(=O)NC(C(=O)Nc1cc(C(=O)OC)ccc1Cl)c1nc2ccccc2c(=O)n1Cc1ccccc1. The van der Waals surface area contributed by atoms with Crippen LogP contribution >= 0.6 is 11.6 Å². The van der Waals surface area contributed by atoms with E-state index in [0.717, 1.165) is 5.56 Å². The standard InChI is InChI=1S/C30H29ClN4O6/c1-4-30(2,40)29(39)34-24(26(36)33-23-16-19(28(38)41-3)14-15-21(23)31)25-32-22-13-9-8-12-20(22)27(37)35(25)17-18-10-6-5-7-11-18/h5-16,24,40H,4,17H2,1-3H3,(H,33,36)(H,34,39). The fourth-order valence-electron chi connectivity index (χ4n) is 4.09. The summed E-state index contributed by atoms with van der Waals surface area (Å²) in [5, 5.41) is 16.3. The summed E-state index contributed by atoms with van der Waals surface area (Å²) < 4.78 is 6.07. The number of nitrogens with one attached hydrogen (secondary N) is 2. The van der Waals surface area contributed by atoms with Gasteiger partial charge in [0.05, 0.1) is 40.8 Å². The van der Waals surface area contributed by atoms with E-state index in [1.165, 1.54) is 36.8 Å². The number of halogens is 1. The van der Waals surface area contributed by atoms with E-state index >= 15 is 0 Å². The van der Waals surface area contributed by atoms with E-state index in [1.807, 2.05) is 30.3 Å². The van der Waals surface area contributed by atoms with Gasteiger partial charge in [0.2, 0.25) is 0 Å². The van der Waals surface area contributed by atoms with Gasteiger partial charge in [0.15, 0.2) is 6.04 Å². The van der Waals surface area contributed by atoms with E-state index in [2.05, 4.69) is 15.6 Å². The number of carbonyl (C=O) groups is 3. The number of benzene rings is 3. The number of nitrogens with zero attached hydrogens (tertiary/aromatic N) is 2. The third kappa shape index (κ3) is 6.45. The van der Waals surface area contributed by atoms with Gasteiger partial charge < -0.3 is 20.5 Å². The van der Waals surface area contributed by atoms with Gasteiger partial charge in [0, 0.05) is 0 Å². The molecule has 10 nitrogen and oxygen atoms in total. The van der Waals surface area contributed by atoms with E-state index in [1.54, 1.807) is 31.2 Å². The van der Waals surface area contributed by atoms with Gasteiger partial charge in [-0.15, -0.1) is 0 Å². The van der Waals surface area contributed by atoms with Gasteiger partial charge in [-0.2, -0.15) is 0 Å². The number of esters is 1. The molecule has 0 saturated heterocycles. The molecule has 0 aliphatic heterocycles. The van der Waals surface area contributed by atoms with Crippen LogP contribution in [0.4, 0.5) is 5.69 Å². The van der Waals surface area contributed by atoms with E-state index in [4.69, 9.17) is 16.3 Å². The zero-order chi connectivity index (χ0) is 29.7. The summed E-state index contributed by atoms with van der Waals surface area (Å²) >= 11 is 6.32. The summed E-state index contributed by atoms with van der Waals surface area (Å²) in [6.45, 7) is 2.99. The van der Waals surface area contributed by atoms with Gasteiger partial charge in [0.1, 0.15) is 11.4 Å². The number of aromatic nitrogens is 2. The van der Waals surface area contributed by atoms with Gasteiger partial charge >= 0.3 is 5.97 Å². The second-order valence-corrected chi connectivity index (χ2v) is 9.98. The fraction of sp³-hybridized carbons (Fsp3) is 0.233. The van der Waals surface area contributed by atoms with Crippen molar-refractivity contribution in [3.63, 3.8) is 0 Å². The lowest BCUT2D eigenvalue weighted by molar-refractivity contribution is -0.141. The van der Waals surface area contributed by atoms with Crippen molar-refractivity contribution in [2.24, 2.45) is 0 Å². The number of rotatable bonds is 9. The van der Waals surface area contributed by atoms with E-state index < -0.39 is 35.0 Å². The summed E-state index contributed by atoms with van der Waals surface area (Å²) in [6.07, 6.45) is 0.0577. The first-order valence-corrected chi connectivity index (χ1v) is 13.2. The molecule has 0 aliphatic rings. The molecule has 4 aromatic rings. The normalized spacial score (nSPS) is 13.2. The fourth-order valence-corrected chi connectivity index (χ4v) is 4.25. The van der Waals surface area contributed by atoms with Crippen molar-refractivity contribution >= 4 is 46.0 Å². The van der Waals surface area contributed by atoms with Crippen LogP contribution in [0.1, 0.15) is 48.1 Å². The number of anilines is 1. The Kier molecular flexibility index (Phi) is 8.85. The first kappa shape index (κ1) is 29.4. The van der Waals surface area contributed by atoms with Gasteiger partial charge in [-0.1, -0.05) is 61.0 Å². The topological polar surface area (TPSA) is 140 Å². The Morgan fingerprint density at radius 3 is 2.44 bits per heavy atom. The Hall–Kier alpha value is -4.54. The van der Waals surface area contributed by atoms with Crippen molar-refractivity contribution in [2.75, 3.05) is 12.4 Å². The van der Waals surface area contributed by atoms with Gasteiger partial charge in [-0.05, 0) is 49.2 Å². The molecule has 0 aliphatic carbocycles. The van der Waals surface area contributed by atoms with Gasteiger partial charge in [0.25, 0.3) is 17.4 Å². The maximum Gasteiger partial charge on any atom is 0.337 e. The molecule has 0 fully saturated rings. The monoisotopic (exact) mass is 576 g/mol. The Morgan fingerprint density at radius 1 is 1.07 bits per heavy atom. The molecule has 0 saturated carbocycles. The molecule has 0 bridgehead atoms. The number of carbonyl (C=O) groups excluding carboxylic acids is 3. The molecule has 2 unspecified atom stereocenters. The molecule has 2 amide bonds. The molecule has 0 radical (unpaired) electrons. The molecule has 3 N–H and O–H groups in total. The summed E-state index contributed by atoms with van der Waals surface area (Å²) in [5.74, 6) is -2.36. The van der Waals surface area contributed by atoms with Crippen molar-refractivity contribution in [3.8, 4) is 0 Å². The van der Waals surface area contributed by atoms with Crippen LogP contribution in [0.5, 0.6) is 0 Å². The highest BCUT2D eigenvalue weighted by atomic mass is 35.5. The zero-order valence-electron chi connectivity index (χ0n) is 22.7. The van der Waals surface area contributed by atoms with Crippen molar-refractivity contribution in [1.29, 1.82) is 0 Å². The van der Waals surface area contributed by atoms with Crippen LogP contribution in [0.15, 0.2) is 77.6 Å². The highest BCUT2D eigenvalue weighted by Crippen LogP contribution is 2.26. The van der Waals surface area contributed by atoms with Crippen LogP contribution < -0.4 is 16.2 Å². The van der Waals surface area contributed by atoms with Crippen LogP contribution in [-0.4, -0.2) is 45.2 Å². The third-order valence-electron chi connectivity index (χ3n) is 6.69. The summed E-state index contributed by atoms with van der Waals surface area (Å²) in [7, 11) is 1.22. The number of hydrogen-bond donors (Lipinski definition) is 3. The number of para-hydroxylation sites is 1. The predicted octanol–water partition coefficient (Wildman–Crippen LogP) is 3.84. The molecule has 11 heteroatoms. The minimum Gasteiger partial charge on any atom is -0.465 e. The molecule has 2 atom stereocenters. The predicted molar refractivity (Wildman–Crippen MR) is 155 cm³/mol. The van der Waals surface area contributed by atoms with Crippen molar-refractivity contribution in [1.82, 2.24) is 14.9 Å². The Morgan fingerprint density at radius 2 is 1.76 bits per heavy atom. The largest absolute Gasteiger partial charge is 0.465 e. The Balaban J connectivity index is 1.88. The molecule has 212 valence electrons. The molecular weight excluding hydrogens is 548 g/mol. The van der Waals surface area contributed by atoms with Crippen LogP contribution in [0, 0.1) is 0 Å². The first-order valence-electron chi connectivity index (χ1n) is 12.8. The average Bonchev–Trinajstić information content (AvgIpc) is 2.98. The number of methoxy groups -OCH3 is 1.